The Balaban J connectivity index is 2.04. The van der Waals surface area contributed by atoms with Crippen LogP contribution in [0.3, 0.4) is 0 Å². The van der Waals surface area contributed by atoms with Crippen molar-refractivity contribution in [2.45, 2.75) is 27.3 Å². The number of nitrogens with one attached hydrogen (secondary N) is 1. The van der Waals surface area contributed by atoms with Crippen LogP contribution in [0.5, 0.6) is 0 Å². The van der Waals surface area contributed by atoms with Gasteiger partial charge in [-0.15, -0.1) is 0 Å². The van der Waals surface area contributed by atoms with E-state index in [1.807, 2.05) is 6.07 Å². The molecule has 0 saturated heterocycles. The molecule has 0 atom stereocenters. The number of rotatable bonds is 6. The Morgan fingerprint density at radius 1 is 1.15 bits per heavy atom. The molecule has 1 aromatic heterocycles. The Morgan fingerprint density at radius 3 is 2.65 bits per heavy atom. The number of aromatic nitrogens is 2. The van der Waals surface area contributed by atoms with Crippen molar-refractivity contribution in [3.05, 3.63) is 47.7 Å². The number of nitrogens with zero attached hydrogens (tertiary/aromatic N) is 3. The normalized spacial score (nSPS) is 10.3. The third kappa shape index (κ3) is 3.70. The third-order valence-corrected chi connectivity index (χ3v) is 3.26. The lowest BCUT2D eigenvalue weighted by Crippen LogP contribution is -2.23. The van der Waals surface area contributed by atoms with Gasteiger partial charge < -0.3 is 10.2 Å². The Kier molecular flexibility index (Phi) is 4.93. The average molecular weight is 270 g/mol. The van der Waals surface area contributed by atoms with Gasteiger partial charge in [-0.25, -0.2) is 4.98 Å². The van der Waals surface area contributed by atoms with Crippen molar-refractivity contribution >= 4 is 11.8 Å². The fraction of sp³-hybridized carbons (Fsp3) is 0.375. The number of aryl methyl sites for hydroxylation is 1. The molecule has 4 nitrogen and oxygen atoms in total. The predicted octanol–water partition coefficient (Wildman–Crippen LogP) is 3.24. The van der Waals surface area contributed by atoms with Gasteiger partial charge in [0.1, 0.15) is 5.82 Å². The standard InChI is InChI=1S/C16H22N4/c1-4-20(5-2)15-9-10-17-16(19-15)18-12-14-8-6-7-13(3)11-14/h6-11H,4-5,12H2,1-3H3,(H,17,18,19). The van der Waals surface area contributed by atoms with E-state index in [2.05, 4.69) is 65.2 Å². The van der Waals surface area contributed by atoms with Gasteiger partial charge in [-0.2, -0.15) is 4.98 Å². The van der Waals surface area contributed by atoms with Crippen molar-refractivity contribution in [1.29, 1.82) is 0 Å². The van der Waals surface area contributed by atoms with Crippen LogP contribution in [0.15, 0.2) is 36.5 Å². The molecule has 0 aliphatic rings. The largest absolute Gasteiger partial charge is 0.357 e. The molecule has 2 rings (SSSR count). The average Bonchev–Trinajstić information content (AvgIpc) is 2.47. The number of hydrogen-bond donors (Lipinski definition) is 1. The highest BCUT2D eigenvalue weighted by atomic mass is 15.2. The predicted molar refractivity (Wildman–Crippen MR) is 84.1 cm³/mol. The quantitative estimate of drug-likeness (QED) is 0.875. The minimum atomic E-state index is 0.677. The zero-order chi connectivity index (χ0) is 14.4. The smallest absolute Gasteiger partial charge is 0.224 e. The molecule has 106 valence electrons. The minimum absolute atomic E-state index is 0.677. The first-order valence-corrected chi connectivity index (χ1v) is 7.10. The lowest BCUT2D eigenvalue weighted by Gasteiger charge is -2.19. The van der Waals surface area contributed by atoms with E-state index < -0.39 is 0 Å². The van der Waals surface area contributed by atoms with Crippen molar-refractivity contribution in [3.63, 3.8) is 0 Å². The molecule has 1 aromatic carbocycles. The first kappa shape index (κ1) is 14.3. The summed E-state index contributed by atoms with van der Waals surface area (Å²) in [6.07, 6.45) is 1.80. The summed E-state index contributed by atoms with van der Waals surface area (Å²) in [5.41, 5.74) is 2.50. The fourth-order valence-electron chi connectivity index (χ4n) is 2.16. The fourth-order valence-corrected chi connectivity index (χ4v) is 2.16. The second-order valence-electron chi connectivity index (χ2n) is 4.75. The summed E-state index contributed by atoms with van der Waals surface area (Å²) in [6.45, 7) is 9.00. The van der Waals surface area contributed by atoms with Crippen LogP contribution < -0.4 is 10.2 Å². The highest BCUT2D eigenvalue weighted by molar-refractivity contribution is 5.42. The molecule has 0 unspecified atom stereocenters. The molecule has 0 bridgehead atoms. The van der Waals surface area contributed by atoms with E-state index in [1.165, 1.54) is 11.1 Å². The van der Waals surface area contributed by atoms with Crippen LogP contribution in [0.25, 0.3) is 0 Å². The third-order valence-electron chi connectivity index (χ3n) is 3.26. The molecule has 0 aliphatic heterocycles. The first-order valence-electron chi connectivity index (χ1n) is 7.10. The number of anilines is 2. The van der Waals surface area contributed by atoms with E-state index in [4.69, 9.17) is 0 Å². The molecule has 0 fully saturated rings. The molecule has 1 N–H and O–H groups in total. The molecule has 0 spiro atoms. The van der Waals surface area contributed by atoms with Gasteiger partial charge in [0.25, 0.3) is 0 Å². The molecule has 0 aliphatic carbocycles. The lowest BCUT2D eigenvalue weighted by atomic mass is 10.1. The number of benzene rings is 1. The molecule has 0 radical (unpaired) electrons. The van der Waals surface area contributed by atoms with Crippen LogP contribution >= 0.6 is 0 Å². The molecule has 2 aromatic rings. The summed E-state index contributed by atoms with van der Waals surface area (Å²) in [4.78, 5) is 11.0. The van der Waals surface area contributed by atoms with Gasteiger partial charge in [0, 0.05) is 25.8 Å². The molecule has 0 amide bonds. The second kappa shape index (κ2) is 6.89. The topological polar surface area (TPSA) is 41.1 Å². The van der Waals surface area contributed by atoms with E-state index in [0.717, 1.165) is 25.5 Å². The van der Waals surface area contributed by atoms with Gasteiger partial charge in [-0.1, -0.05) is 29.8 Å². The lowest BCUT2D eigenvalue weighted by molar-refractivity contribution is 0.841. The second-order valence-corrected chi connectivity index (χ2v) is 4.75. The molecule has 0 saturated carbocycles. The number of hydrogen-bond acceptors (Lipinski definition) is 4. The van der Waals surface area contributed by atoms with Gasteiger partial charge in [0.05, 0.1) is 0 Å². The molecule has 1 heterocycles. The summed E-state index contributed by atoms with van der Waals surface area (Å²) >= 11 is 0. The summed E-state index contributed by atoms with van der Waals surface area (Å²) in [5.74, 6) is 1.65. The summed E-state index contributed by atoms with van der Waals surface area (Å²) in [6, 6.07) is 10.4. The van der Waals surface area contributed by atoms with Gasteiger partial charge in [-0.05, 0) is 32.4 Å². The van der Waals surface area contributed by atoms with Crippen molar-refractivity contribution in [2.75, 3.05) is 23.3 Å². The Labute approximate surface area is 120 Å². The maximum atomic E-state index is 4.56. The van der Waals surface area contributed by atoms with Crippen LogP contribution in [-0.2, 0) is 6.54 Å². The van der Waals surface area contributed by atoms with Crippen molar-refractivity contribution in [2.24, 2.45) is 0 Å². The molecule has 4 heteroatoms. The van der Waals surface area contributed by atoms with E-state index in [1.54, 1.807) is 6.20 Å². The van der Waals surface area contributed by atoms with E-state index in [9.17, 15) is 0 Å². The molecular formula is C16H22N4. The summed E-state index contributed by atoms with van der Waals surface area (Å²) in [5, 5.41) is 3.28. The van der Waals surface area contributed by atoms with Crippen molar-refractivity contribution < 1.29 is 0 Å². The van der Waals surface area contributed by atoms with Crippen molar-refractivity contribution in [3.8, 4) is 0 Å². The van der Waals surface area contributed by atoms with Crippen LogP contribution in [0.4, 0.5) is 11.8 Å². The Bertz CT molecular complexity index is 550. The van der Waals surface area contributed by atoms with E-state index in [-0.39, 0.29) is 0 Å². The van der Waals surface area contributed by atoms with Crippen LogP contribution in [-0.4, -0.2) is 23.1 Å². The Morgan fingerprint density at radius 2 is 1.95 bits per heavy atom. The minimum Gasteiger partial charge on any atom is -0.357 e. The highest BCUT2D eigenvalue weighted by Gasteiger charge is 2.05. The first-order chi connectivity index (χ1) is 9.72. The maximum Gasteiger partial charge on any atom is 0.224 e. The van der Waals surface area contributed by atoms with Crippen LogP contribution in [0, 0.1) is 6.92 Å². The SMILES string of the molecule is CCN(CC)c1ccnc(NCc2cccc(C)c2)n1. The molecule has 20 heavy (non-hydrogen) atoms. The monoisotopic (exact) mass is 270 g/mol. The Hall–Kier alpha value is -2.10. The van der Waals surface area contributed by atoms with E-state index in [0.29, 0.717) is 5.95 Å². The van der Waals surface area contributed by atoms with Gasteiger partial charge >= 0.3 is 0 Å². The zero-order valence-electron chi connectivity index (χ0n) is 12.4. The van der Waals surface area contributed by atoms with Gasteiger partial charge in [0.2, 0.25) is 5.95 Å². The highest BCUT2D eigenvalue weighted by Crippen LogP contribution is 2.12. The van der Waals surface area contributed by atoms with Gasteiger partial charge in [-0.3, -0.25) is 0 Å². The van der Waals surface area contributed by atoms with Crippen molar-refractivity contribution in [1.82, 2.24) is 9.97 Å². The van der Waals surface area contributed by atoms with Crippen LogP contribution in [0.1, 0.15) is 25.0 Å². The van der Waals surface area contributed by atoms with Crippen LogP contribution in [0.2, 0.25) is 0 Å². The van der Waals surface area contributed by atoms with E-state index >= 15 is 0 Å². The molecular weight excluding hydrogens is 248 g/mol. The summed E-state index contributed by atoms with van der Waals surface area (Å²) < 4.78 is 0. The maximum absolute atomic E-state index is 4.56. The summed E-state index contributed by atoms with van der Waals surface area (Å²) in [7, 11) is 0. The van der Waals surface area contributed by atoms with Gasteiger partial charge in [0.15, 0.2) is 0 Å². The zero-order valence-corrected chi connectivity index (χ0v) is 12.4.